The Kier molecular flexibility index (Phi) is 7.06. The molecule has 0 atom stereocenters. The maximum atomic E-state index is 11.6. The fourth-order valence-corrected chi connectivity index (χ4v) is 1.46. The number of hydrogen-bond donors (Lipinski definition) is 3. The van der Waals surface area contributed by atoms with Crippen molar-refractivity contribution in [3.63, 3.8) is 0 Å². The third-order valence-corrected chi connectivity index (χ3v) is 2.01. The van der Waals surface area contributed by atoms with Crippen LogP contribution in [0.5, 0.6) is 0 Å². The summed E-state index contributed by atoms with van der Waals surface area (Å²) in [6.45, 7) is 7.43. The van der Waals surface area contributed by atoms with Crippen LogP contribution in [0.4, 0.5) is 4.79 Å². The first-order chi connectivity index (χ1) is 8.64. The molecule has 0 fully saturated rings. The molecule has 7 nitrogen and oxygen atoms in total. The molecule has 0 aromatic heterocycles. The van der Waals surface area contributed by atoms with E-state index in [0.29, 0.717) is 6.54 Å². The minimum absolute atomic E-state index is 0.113. The van der Waals surface area contributed by atoms with E-state index in [1.165, 1.54) is 4.90 Å². The van der Waals surface area contributed by atoms with Crippen LogP contribution in [0.2, 0.25) is 0 Å². The van der Waals surface area contributed by atoms with Crippen LogP contribution in [0.25, 0.3) is 0 Å². The lowest BCUT2D eigenvalue weighted by Gasteiger charge is -2.22. The summed E-state index contributed by atoms with van der Waals surface area (Å²) >= 11 is 0. The van der Waals surface area contributed by atoms with Crippen molar-refractivity contribution in [3.8, 4) is 0 Å². The third-order valence-electron chi connectivity index (χ3n) is 2.01. The van der Waals surface area contributed by atoms with Crippen molar-refractivity contribution in [2.45, 2.75) is 39.7 Å². The second-order valence-corrected chi connectivity index (χ2v) is 5.36. The Bertz CT molecular complexity index is 336. The number of carboxylic acid groups (broad SMARTS) is 1. The van der Waals surface area contributed by atoms with Gasteiger partial charge in [0.1, 0.15) is 0 Å². The van der Waals surface area contributed by atoms with Gasteiger partial charge in [-0.15, -0.1) is 0 Å². The molecule has 0 aliphatic carbocycles. The van der Waals surface area contributed by atoms with Gasteiger partial charge >= 0.3 is 12.0 Å². The molecule has 7 heteroatoms. The Balaban J connectivity index is 4.26. The van der Waals surface area contributed by atoms with Crippen LogP contribution in [0.3, 0.4) is 0 Å². The van der Waals surface area contributed by atoms with Gasteiger partial charge in [-0.1, -0.05) is 6.92 Å². The van der Waals surface area contributed by atoms with Crippen LogP contribution in [0, 0.1) is 0 Å². The molecule has 0 heterocycles. The summed E-state index contributed by atoms with van der Waals surface area (Å²) < 4.78 is 0. The van der Waals surface area contributed by atoms with Gasteiger partial charge in [0.15, 0.2) is 0 Å². The molecule has 0 aromatic rings. The summed E-state index contributed by atoms with van der Waals surface area (Å²) in [7, 11) is 0. The number of nitrogens with one attached hydrogen (secondary N) is 2. The molecular formula is C12H23N3O4. The lowest BCUT2D eigenvalue weighted by Crippen LogP contribution is -2.50. The Morgan fingerprint density at radius 3 is 2.16 bits per heavy atom. The lowest BCUT2D eigenvalue weighted by molar-refractivity contribution is -0.138. The molecular weight excluding hydrogens is 250 g/mol. The van der Waals surface area contributed by atoms with Crippen LogP contribution in [0.1, 0.15) is 34.1 Å². The van der Waals surface area contributed by atoms with Gasteiger partial charge < -0.3 is 10.4 Å². The third kappa shape index (κ3) is 10.0. The van der Waals surface area contributed by atoms with Gasteiger partial charge in [-0.3, -0.25) is 19.8 Å². The van der Waals surface area contributed by atoms with Crippen molar-refractivity contribution in [2.75, 3.05) is 19.6 Å². The lowest BCUT2D eigenvalue weighted by atomic mass is 10.1. The fraction of sp³-hybridized carbons (Fsp3) is 0.750. The number of urea groups is 1. The van der Waals surface area contributed by atoms with E-state index in [0.717, 1.165) is 6.42 Å². The highest BCUT2D eigenvalue weighted by atomic mass is 16.4. The molecule has 0 aliphatic heterocycles. The first-order valence-corrected chi connectivity index (χ1v) is 6.20. The van der Waals surface area contributed by atoms with Gasteiger partial charge in [-0.25, -0.2) is 4.79 Å². The van der Waals surface area contributed by atoms with Gasteiger partial charge in [0.2, 0.25) is 5.91 Å². The van der Waals surface area contributed by atoms with E-state index in [4.69, 9.17) is 5.11 Å². The highest BCUT2D eigenvalue weighted by molar-refractivity contribution is 5.95. The van der Waals surface area contributed by atoms with Crippen molar-refractivity contribution < 1.29 is 19.5 Å². The van der Waals surface area contributed by atoms with E-state index in [9.17, 15) is 14.4 Å². The number of rotatable bonds is 6. The molecule has 0 radical (unpaired) electrons. The summed E-state index contributed by atoms with van der Waals surface area (Å²) in [4.78, 5) is 35.1. The molecule has 0 aromatic carbocycles. The molecule has 110 valence electrons. The number of amides is 3. The molecule has 0 spiro atoms. The number of nitrogens with zero attached hydrogens (tertiary/aromatic N) is 1. The van der Waals surface area contributed by atoms with Gasteiger partial charge in [0.05, 0.1) is 13.1 Å². The van der Waals surface area contributed by atoms with Gasteiger partial charge in [0, 0.05) is 5.54 Å². The molecule has 0 rings (SSSR count). The largest absolute Gasteiger partial charge is 0.480 e. The molecule has 19 heavy (non-hydrogen) atoms. The smallest absolute Gasteiger partial charge is 0.321 e. The SMILES string of the molecule is CCCN(CC(=O)O)CC(=O)NC(=O)NC(C)(C)C. The maximum absolute atomic E-state index is 11.6. The number of imide groups is 1. The Hall–Kier alpha value is -1.63. The quantitative estimate of drug-likeness (QED) is 0.651. The van der Waals surface area contributed by atoms with E-state index < -0.39 is 23.4 Å². The molecule has 0 saturated carbocycles. The second kappa shape index (κ2) is 7.73. The van der Waals surface area contributed by atoms with Gasteiger partial charge in [0.25, 0.3) is 0 Å². The van der Waals surface area contributed by atoms with Crippen molar-refractivity contribution >= 4 is 17.9 Å². The van der Waals surface area contributed by atoms with E-state index in [1.807, 2.05) is 6.92 Å². The van der Waals surface area contributed by atoms with Crippen molar-refractivity contribution in [3.05, 3.63) is 0 Å². The van der Waals surface area contributed by atoms with Crippen molar-refractivity contribution in [2.24, 2.45) is 0 Å². The van der Waals surface area contributed by atoms with E-state index >= 15 is 0 Å². The molecule has 0 bridgehead atoms. The van der Waals surface area contributed by atoms with E-state index in [-0.39, 0.29) is 13.1 Å². The standard InChI is InChI=1S/C12H23N3O4/c1-5-6-15(8-10(17)18)7-9(16)13-11(19)14-12(2,3)4/h5-8H2,1-4H3,(H,17,18)(H2,13,14,16,19). The van der Waals surface area contributed by atoms with Crippen molar-refractivity contribution in [1.82, 2.24) is 15.5 Å². The number of hydrogen-bond acceptors (Lipinski definition) is 4. The van der Waals surface area contributed by atoms with Crippen LogP contribution >= 0.6 is 0 Å². The first-order valence-electron chi connectivity index (χ1n) is 6.20. The number of aliphatic carboxylic acids is 1. The highest BCUT2D eigenvalue weighted by Crippen LogP contribution is 1.97. The Morgan fingerprint density at radius 2 is 1.74 bits per heavy atom. The van der Waals surface area contributed by atoms with Gasteiger partial charge in [-0.2, -0.15) is 0 Å². The predicted molar refractivity (Wildman–Crippen MR) is 70.8 cm³/mol. The van der Waals surface area contributed by atoms with Crippen LogP contribution in [-0.4, -0.2) is 53.1 Å². The summed E-state index contributed by atoms with van der Waals surface area (Å²) in [5.41, 5.74) is -0.436. The van der Waals surface area contributed by atoms with E-state index in [1.54, 1.807) is 20.8 Å². The zero-order valence-corrected chi connectivity index (χ0v) is 11.9. The molecule has 0 aliphatic rings. The Labute approximate surface area is 113 Å². The zero-order chi connectivity index (χ0) is 15.1. The summed E-state index contributed by atoms with van der Waals surface area (Å²) in [6, 6.07) is -0.579. The summed E-state index contributed by atoms with van der Waals surface area (Å²) in [6.07, 6.45) is 0.731. The zero-order valence-electron chi connectivity index (χ0n) is 11.9. The van der Waals surface area contributed by atoms with Gasteiger partial charge in [-0.05, 0) is 33.7 Å². The highest BCUT2D eigenvalue weighted by Gasteiger charge is 2.18. The minimum Gasteiger partial charge on any atom is -0.480 e. The number of carboxylic acids is 1. The van der Waals surface area contributed by atoms with Crippen LogP contribution < -0.4 is 10.6 Å². The monoisotopic (exact) mass is 273 g/mol. The predicted octanol–water partition coefficient (Wildman–Crippen LogP) is 0.407. The Morgan fingerprint density at radius 1 is 1.16 bits per heavy atom. The number of carbonyl (C=O) groups excluding carboxylic acids is 2. The second-order valence-electron chi connectivity index (χ2n) is 5.36. The van der Waals surface area contributed by atoms with E-state index in [2.05, 4.69) is 10.6 Å². The first kappa shape index (κ1) is 17.4. The molecule has 3 amide bonds. The fourth-order valence-electron chi connectivity index (χ4n) is 1.46. The summed E-state index contributed by atoms with van der Waals surface area (Å²) in [5.74, 6) is -1.52. The minimum atomic E-state index is -1.000. The molecule has 0 saturated heterocycles. The topological polar surface area (TPSA) is 98.7 Å². The average molecular weight is 273 g/mol. The summed E-state index contributed by atoms with van der Waals surface area (Å²) in [5, 5.41) is 13.5. The molecule has 3 N–H and O–H groups in total. The van der Waals surface area contributed by atoms with Crippen LogP contribution in [0.15, 0.2) is 0 Å². The molecule has 0 unspecified atom stereocenters. The normalized spacial score (nSPS) is 11.2. The van der Waals surface area contributed by atoms with Crippen LogP contribution in [-0.2, 0) is 9.59 Å². The average Bonchev–Trinajstić information content (AvgIpc) is 2.12. The number of carbonyl (C=O) groups is 3. The van der Waals surface area contributed by atoms with Crippen molar-refractivity contribution in [1.29, 1.82) is 0 Å². The maximum Gasteiger partial charge on any atom is 0.321 e.